The van der Waals surface area contributed by atoms with Gasteiger partial charge in [-0.15, -0.1) is 0 Å². The minimum atomic E-state index is -3.20. The zero-order valence-corrected chi connectivity index (χ0v) is 14.1. The van der Waals surface area contributed by atoms with Crippen LogP contribution in [-0.4, -0.2) is 49.6 Å². The van der Waals surface area contributed by atoms with Gasteiger partial charge in [-0.2, -0.15) is 0 Å². The van der Waals surface area contributed by atoms with Gasteiger partial charge in [-0.1, -0.05) is 19.3 Å². The van der Waals surface area contributed by atoms with Crippen molar-refractivity contribution >= 4 is 15.8 Å². The van der Waals surface area contributed by atoms with Crippen molar-refractivity contribution in [3.8, 4) is 0 Å². The summed E-state index contributed by atoms with van der Waals surface area (Å²) in [4.78, 5) is 5.94. The maximum absolute atomic E-state index is 13.9. The van der Waals surface area contributed by atoms with E-state index >= 15 is 0 Å². The van der Waals surface area contributed by atoms with Crippen LogP contribution < -0.4 is 4.90 Å². The van der Waals surface area contributed by atoms with Crippen molar-refractivity contribution in [2.45, 2.75) is 32.1 Å². The van der Waals surface area contributed by atoms with Crippen LogP contribution in [0.1, 0.15) is 32.1 Å². The third kappa shape index (κ3) is 4.01. The van der Waals surface area contributed by atoms with E-state index in [4.69, 9.17) is 0 Å². The summed E-state index contributed by atoms with van der Waals surface area (Å²) in [6.07, 6.45) is 6.61. The number of nitrogens with zero attached hydrogens (tertiary/aromatic N) is 3. The lowest BCUT2D eigenvalue weighted by atomic mass is 9.84. The molecule has 0 radical (unpaired) electrons. The standard InChI is InChI=1S/C16H24FN3O2S/c17-15-6-2-8-18-16(15)19-9-3-10-20(12-11-19)23(21,22)13-7-14-4-1-5-14/h2,6,8,14H,1,3-5,7,9-13H2. The minimum Gasteiger partial charge on any atom is -0.353 e. The number of halogens is 1. The molecule has 1 saturated carbocycles. The van der Waals surface area contributed by atoms with Crippen LogP contribution >= 0.6 is 0 Å². The molecule has 0 atom stereocenters. The van der Waals surface area contributed by atoms with Crippen LogP contribution in [-0.2, 0) is 10.0 Å². The summed E-state index contributed by atoms with van der Waals surface area (Å²) in [7, 11) is -3.20. The molecule has 0 bridgehead atoms. The van der Waals surface area contributed by atoms with Crippen LogP contribution in [0.2, 0.25) is 0 Å². The fourth-order valence-electron chi connectivity index (χ4n) is 3.22. The lowest BCUT2D eigenvalue weighted by molar-refractivity contribution is 0.305. The molecule has 2 heterocycles. The molecule has 0 spiro atoms. The Morgan fingerprint density at radius 3 is 2.70 bits per heavy atom. The van der Waals surface area contributed by atoms with Crippen molar-refractivity contribution in [2.75, 3.05) is 36.8 Å². The molecule has 0 N–H and O–H groups in total. The van der Waals surface area contributed by atoms with Crippen molar-refractivity contribution in [2.24, 2.45) is 5.92 Å². The quantitative estimate of drug-likeness (QED) is 0.824. The van der Waals surface area contributed by atoms with E-state index in [1.807, 2.05) is 4.90 Å². The number of aromatic nitrogens is 1. The Morgan fingerprint density at radius 2 is 2.00 bits per heavy atom. The number of hydrogen-bond acceptors (Lipinski definition) is 4. The molecule has 7 heteroatoms. The smallest absolute Gasteiger partial charge is 0.214 e. The van der Waals surface area contributed by atoms with Gasteiger partial charge in [0.1, 0.15) is 0 Å². The lowest BCUT2D eigenvalue weighted by Gasteiger charge is -2.27. The van der Waals surface area contributed by atoms with E-state index in [-0.39, 0.29) is 11.6 Å². The van der Waals surface area contributed by atoms with E-state index in [1.54, 1.807) is 16.6 Å². The predicted octanol–water partition coefficient (Wildman–Crippen LogP) is 2.25. The highest BCUT2D eigenvalue weighted by atomic mass is 32.2. The number of sulfonamides is 1. The Morgan fingerprint density at radius 1 is 1.17 bits per heavy atom. The molecule has 2 fully saturated rings. The summed E-state index contributed by atoms with van der Waals surface area (Å²) in [5, 5.41) is 0. The van der Waals surface area contributed by atoms with Crippen LogP contribution in [0, 0.1) is 11.7 Å². The SMILES string of the molecule is O=S(=O)(CCC1CCC1)N1CCCN(c2ncccc2F)CC1. The molecule has 1 aliphatic heterocycles. The van der Waals surface area contributed by atoms with E-state index in [0.29, 0.717) is 44.3 Å². The van der Waals surface area contributed by atoms with Crippen LogP contribution in [0.25, 0.3) is 0 Å². The third-order valence-electron chi connectivity index (χ3n) is 4.90. The van der Waals surface area contributed by atoms with Crippen LogP contribution in [0.15, 0.2) is 18.3 Å². The highest BCUT2D eigenvalue weighted by Gasteiger charge is 2.28. The van der Waals surface area contributed by atoms with Crippen molar-refractivity contribution in [3.63, 3.8) is 0 Å². The fraction of sp³-hybridized carbons (Fsp3) is 0.688. The number of hydrogen-bond donors (Lipinski definition) is 0. The van der Waals surface area contributed by atoms with Gasteiger partial charge in [0, 0.05) is 32.4 Å². The van der Waals surface area contributed by atoms with E-state index in [2.05, 4.69) is 4.98 Å². The number of rotatable bonds is 5. The van der Waals surface area contributed by atoms with Gasteiger partial charge in [-0.3, -0.25) is 0 Å². The van der Waals surface area contributed by atoms with Gasteiger partial charge in [-0.25, -0.2) is 22.1 Å². The monoisotopic (exact) mass is 341 g/mol. The largest absolute Gasteiger partial charge is 0.353 e. The normalized spacial score (nSPS) is 21.0. The van der Waals surface area contributed by atoms with E-state index < -0.39 is 10.0 Å². The third-order valence-corrected chi connectivity index (χ3v) is 6.80. The van der Waals surface area contributed by atoms with Gasteiger partial charge in [0.05, 0.1) is 5.75 Å². The van der Waals surface area contributed by atoms with Gasteiger partial charge < -0.3 is 4.90 Å². The second-order valence-corrected chi connectivity index (χ2v) is 8.54. The van der Waals surface area contributed by atoms with Gasteiger partial charge in [-0.05, 0) is 30.9 Å². The van der Waals surface area contributed by atoms with Gasteiger partial charge in [0.25, 0.3) is 0 Å². The van der Waals surface area contributed by atoms with E-state index in [1.165, 1.54) is 25.3 Å². The molecule has 1 aromatic rings. The summed E-state index contributed by atoms with van der Waals surface area (Å²) in [5.74, 6) is 0.807. The molecule has 1 aliphatic carbocycles. The van der Waals surface area contributed by atoms with Crippen molar-refractivity contribution in [3.05, 3.63) is 24.1 Å². The summed E-state index contributed by atoms with van der Waals surface area (Å²) >= 11 is 0. The van der Waals surface area contributed by atoms with Crippen molar-refractivity contribution in [1.29, 1.82) is 0 Å². The summed E-state index contributed by atoms with van der Waals surface area (Å²) < 4.78 is 40.5. The highest BCUT2D eigenvalue weighted by Crippen LogP contribution is 2.30. The molecule has 5 nitrogen and oxygen atoms in total. The maximum atomic E-state index is 13.9. The summed E-state index contributed by atoms with van der Waals surface area (Å²) in [5.41, 5.74) is 0. The Hall–Kier alpha value is -1.21. The molecule has 2 aliphatic rings. The molecule has 1 aromatic heterocycles. The molecule has 0 unspecified atom stereocenters. The van der Waals surface area contributed by atoms with Gasteiger partial charge >= 0.3 is 0 Å². The first kappa shape index (κ1) is 16.6. The minimum absolute atomic E-state index is 0.246. The number of pyridine rings is 1. The molecule has 1 saturated heterocycles. The molecular weight excluding hydrogens is 317 g/mol. The van der Waals surface area contributed by atoms with Crippen molar-refractivity contribution < 1.29 is 12.8 Å². The molecule has 0 aromatic carbocycles. The first-order chi connectivity index (χ1) is 11.1. The first-order valence-electron chi connectivity index (χ1n) is 8.39. The van der Waals surface area contributed by atoms with Gasteiger partial charge in [0.15, 0.2) is 11.6 Å². The lowest BCUT2D eigenvalue weighted by Crippen LogP contribution is -2.37. The topological polar surface area (TPSA) is 53.5 Å². The van der Waals surface area contributed by atoms with Crippen LogP contribution in [0.5, 0.6) is 0 Å². The van der Waals surface area contributed by atoms with Crippen LogP contribution in [0.3, 0.4) is 0 Å². The van der Waals surface area contributed by atoms with Crippen LogP contribution in [0.4, 0.5) is 10.2 Å². The molecule has 23 heavy (non-hydrogen) atoms. The molecular formula is C16H24FN3O2S. The zero-order chi connectivity index (χ0) is 16.3. The molecule has 0 amide bonds. The summed E-state index contributed by atoms with van der Waals surface area (Å²) in [6, 6.07) is 2.95. The van der Waals surface area contributed by atoms with E-state index in [9.17, 15) is 12.8 Å². The van der Waals surface area contributed by atoms with E-state index in [0.717, 1.165) is 6.42 Å². The Bertz CT molecular complexity index is 634. The predicted molar refractivity (Wildman–Crippen MR) is 88.3 cm³/mol. The second kappa shape index (κ2) is 7.13. The maximum Gasteiger partial charge on any atom is 0.214 e. The highest BCUT2D eigenvalue weighted by molar-refractivity contribution is 7.89. The average Bonchev–Trinajstić information content (AvgIpc) is 2.72. The first-order valence-corrected chi connectivity index (χ1v) is 10.0. The molecule has 3 rings (SSSR count). The van der Waals surface area contributed by atoms with Gasteiger partial charge in [0.2, 0.25) is 10.0 Å². The fourth-order valence-corrected chi connectivity index (χ4v) is 4.88. The Labute approximate surface area is 137 Å². The average molecular weight is 341 g/mol. The summed E-state index contributed by atoms with van der Waals surface area (Å²) in [6.45, 7) is 2.03. The Balaban J connectivity index is 1.60. The molecule has 128 valence electrons. The zero-order valence-electron chi connectivity index (χ0n) is 13.3. The number of anilines is 1. The second-order valence-electron chi connectivity index (χ2n) is 6.45. The van der Waals surface area contributed by atoms with Crippen molar-refractivity contribution in [1.82, 2.24) is 9.29 Å². The Kier molecular flexibility index (Phi) is 5.16.